The summed E-state index contributed by atoms with van der Waals surface area (Å²) in [5.41, 5.74) is 2.43. The van der Waals surface area contributed by atoms with Gasteiger partial charge in [-0.1, -0.05) is 12.1 Å². The van der Waals surface area contributed by atoms with Crippen LogP contribution in [0.4, 0.5) is 0 Å². The summed E-state index contributed by atoms with van der Waals surface area (Å²) in [7, 11) is 4.03. The standard InChI is InChI=1S/C23H39N5O/c1-18-9-10-20(22(15-18)29-21-7-5-6-8-21)17-26-23(24-3)25-16-19(2)28-13-11-27(4)12-14-28/h9-10,15,19,21H,5-8,11-14,16-17H2,1-4H3,(H2,24,25,26). The fraction of sp³-hybridized carbons (Fsp3) is 0.696. The highest BCUT2D eigenvalue weighted by Gasteiger charge is 2.20. The van der Waals surface area contributed by atoms with Gasteiger partial charge in [0, 0.05) is 57.9 Å². The Morgan fingerprint density at radius 2 is 1.90 bits per heavy atom. The molecular weight excluding hydrogens is 362 g/mol. The van der Waals surface area contributed by atoms with Gasteiger partial charge >= 0.3 is 0 Å². The fourth-order valence-corrected chi connectivity index (χ4v) is 4.14. The van der Waals surface area contributed by atoms with Crippen LogP contribution in [-0.4, -0.2) is 74.7 Å². The van der Waals surface area contributed by atoms with Gasteiger partial charge in [-0.15, -0.1) is 0 Å². The van der Waals surface area contributed by atoms with Gasteiger partial charge in [0.15, 0.2) is 5.96 Å². The molecule has 1 aliphatic heterocycles. The van der Waals surface area contributed by atoms with E-state index in [1.165, 1.54) is 36.8 Å². The molecule has 2 fully saturated rings. The van der Waals surface area contributed by atoms with Crippen LogP contribution in [-0.2, 0) is 6.54 Å². The quantitative estimate of drug-likeness (QED) is 0.543. The maximum atomic E-state index is 6.33. The smallest absolute Gasteiger partial charge is 0.191 e. The second-order valence-corrected chi connectivity index (χ2v) is 8.63. The molecule has 1 heterocycles. The van der Waals surface area contributed by atoms with Crippen molar-refractivity contribution >= 4 is 5.96 Å². The lowest BCUT2D eigenvalue weighted by Gasteiger charge is -2.36. The Morgan fingerprint density at radius 3 is 2.59 bits per heavy atom. The van der Waals surface area contributed by atoms with Gasteiger partial charge in [-0.3, -0.25) is 9.89 Å². The molecule has 0 radical (unpaired) electrons. The van der Waals surface area contributed by atoms with E-state index in [0.29, 0.717) is 18.7 Å². The number of likely N-dealkylation sites (N-methyl/N-ethyl adjacent to an activating group) is 1. The van der Waals surface area contributed by atoms with Gasteiger partial charge in [0.2, 0.25) is 0 Å². The Morgan fingerprint density at radius 1 is 1.17 bits per heavy atom. The molecule has 29 heavy (non-hydrogen) atoms. The van der Waals surface area contributed by atoms with E-state index in [0.717, 1.165) is 44.4 Å². The number of hydrogen-bond donors (Lipinski definition) is 2. The van der Waals surface area contributed by atoms with Crippen LogP contribution in [0, 0.1) is 6.92 Å². The minimum absolute atomic E-state index is 0.373. The highest BCUT2D eigenvalue weighted by atomic mass is 16.5. The van der Waals surface area contributed by atoms with E-state index < -0.39 is 0 Å². The zero-order valence-electron chi connectivity index (χ0n) is 18.7. The van der Waals surface area contributed by atoms with E-state index in [2.05, 4.69) is 64.5 Å². The molecule has 1 aliphatic carbocycles. The zero-order valence-corrected chi connectivity index (χ0v) is 18.7. The molecule has 2 aliphatic rings. The third-order valence-corrected chi connectivity index (χ3v) is 6.21. The number of aliphatic imine (C=N–C) groups is 1. The van der Waals surface area contributed by atoms with Gasteiger partial charge in [-0.05, 0) is 58.2 Å². The minimum atomic E-state index is 0.373. The number of piperazine rings is 1. The first kappa shape index (κ1) is 21.9. The predicted molar refractivity (Wildman–Crippen MR) is 121 cm³/mol. The SMILES string of the molecule is CN=C(NCc1ccc(C)cc1OC1CCCC1)NCC(C)N1CCN(C)CC1. The molecule has 1 atom stereocenters. The maximum Gasteiger partial charge on any atom is 0.191 e. The summed E-state index contributed by atoms with van der Waals surface area (Å²) in [5, 5.41) is 6.96. The molecule has 0 spiro atoms. The number of benzene rings is 1. The molecule has 1 aromatic carbocycles. The molecule has 2 N–H and O–H groups in total. The third kappa shape index (κ3) is 6.61. The molecule has 0 aromatic heterocycles. The van der Waals surface area contributed by atoms with Gasteiger partial charge in [-0.2, -0.15) is 0 Å². The average molecular weight is 402 g/mol. The summed E-state index contributed by atoms with van der Waals surface area (Å²) >= 11 is 0. The first-order valence-electron chi connectivity index (χ1n) is 11.2. The number of nitrogens with zero attached hydrogens (tertiary/aromatic N) is 3. The van der Waals surface area contributed by atoms with Crippen LogP contribution in [0.25, 0.3) is 0 Å². The Hall–Kier alpha value is -1.79. The Labute approximate surface area is 176 Å². The van der Waals surface area contributed by atoms with Crippen molar-refractivity contribution in [2.45, 2.75) is 58.2 Å². The van der Waals surface area contributed by atoms with Crippen LogP contribution in [0.1, 0.15) is 43.7 Å². The zero-order chi connectivity index (χ0) is 20.6. The summed E-state index contributed by atoms with van der Waals surface area (Å²) in [6.07, 6.45) is 5.29. The fourth-order valence-electron chi connectivity index (χ4n) is 4.14. The van der Waals surface area contributed by atoms with Crippen molar-refractivity contribution in [1.29, 1.82) is 0 Å². The molecule has 1 aromatic rings. The summed E-state index contributed by atoms with van der Waals surface area (Å²) in [5.74, 6) is 1.86. The third-order valence-electron chi connectivity index (χ3n) is 6.21. The van der Waals surface area contributed by atoms with Crippen molar-refractivity contribution < 1.29 is 4.74 Å². The van der Waals surface area contributed by atoms with Crippen molar-refractivity contribution in [3.63, 3.8) is 0 Å². The summed E-state index contributed by atoms with van der Waals surface area (Å²) < 4.78 is 6.33. The van der Waals surface area contributed by atoms with Gasteiger partial charge in [0.05, 0.1) is 6.10 Å². The van der Waals surface area contributed by atoms with Crippen LogP contribution < -0.4 is 15.4 Å². The molecule has 1 saturated heterocycles. The molecule has 1 unspecified atom stereocenters. The van der Waals surface area contributed by atoms with Crippen LogP contribution in [0.2, 0.25) is 0 Å². The number of rotatable bonds is 7. The van der Waals surface area contributed by atoms with E-state index in [1.807, 2.05) is 7.05 Å². The second-order valence-electron chi connectivity index (χ2n) is 8.63. The normalized spacial score (nSPS) is 20.6. The lowest BCUT2D eigenvalue weighted by Crippen LogP contribution is -2.52. The van der Waals surface area contributed by atoms with Crippen LogP contribution in [0.3, 0.4) is 0 Å². The second kappa shape index (κ2) is 10.8. The van der Waals surface area contributed by atoms with E-state index in [-0.39, 0.29) is 0 Å². The Kier molecular flexibility index (Phi) is 8.19. The molecule has 162 valence electrons. The van der Waals surface area contributed by atoms with Gasteiger partial charge in [0.25, 0.3) is 0 Å². The molecule has 6 nitrogen and oxygen atoms in total. The van der Waals surface area contributed by atoms with Crippen molar-refractivity contribution in [2.24, 2.45) is 4.99 Å². The first-order valence-corrected chi connectivity index (χ1v) is 11.2. The monoisotopic (exact) mass is 401 g/mol. The van der Waals surface area contributed by atoms with Crippen molar-refractivity contribution in [1.82, 2.24) is 20.4 Å². The number of ether oxygens (including phenoxy) is 1. The number of hydrogen-bond acceptors (Lipinski definition) is 4. The lowest BCUT2D eigenvalue weighted by molar-refractivity contribution is 0.120. The van der Waals surface area contributed by atoms with Crippen molar-refractivity contribution in [2.75, 3.05) is 46.8 Å². The van der Waals surface area contributed by atoms with Crippen LogP contribution in [0.15, 0.2) is 23.2 Å². The van der Waals surface area contributed by atoms with Crippen LogP contribution in [0.5, 0.6) is 5.75 Å². The highest BCUT2D eigenvalue weighted by molar-refractivity contribution is 5.79. The van der Waals surface area contributed by atoms with E-state index in [1.54, 1.807) is 0 Å². The Balaban J connectivity index is 1.50. The average Bonchev–Trinajstić information content (AvgIpc) is 3.23. The number of guanidine groups is 1. The van der Waals surface area contributed by atoms with E-state index >= 15 is 0 Å². The summed E-state index contributed by atoms with van der Waals surface area (Å²) in [6, 6.07) is 6.99. The Bertz CT molecular complexity index is 663. The topological polar surface area (TPSA) is 52.1 Å². The summed E-state index contributed by atoms with van der Waals surface area (Å²) in [6.45, 7) is 10.6. The molecule has 1 saturated carbocycles. The number of aryl methyl sites for hydroxylation is 1. The van der Waals surface area contributed by atoms with E-state index in [4.69, 9.17) is 4.74 Å². The van der Waals surface area contributed by atoms with Crippen molar-refractivity contribution in [3.05, 3.63) is 29.3 Å². The van der Waals surface area contributed by atoms with Crippen molar-refractivity contribution in [3.8, 4) is 5.75 Å². The minimum Gasteiger partial charge on any atom is -0.490 e. The molecule has 0 amide bonds. The lowest BCUT2D eigenvalue weighted by atomic mass is 10.1. The number of nitrogens with one attached hydrogen (secondary N) is 2. The highest BCUT2D eigenvalue weighted by Crippen LogP contribution is 2.27. The molecule has 0 bridgehead atoms. The molecular formula is C23H39N5O. The largest absolute Gasteiger partial charge is 0.490 e. The van der Waals surface area contributed by atoms with E-state index in [9.17, 15) is 0 Å². The summed E-state index contributed by atoms with van der Waals surface area (Å²) in [4.78, 5) is 9.35. The maximum absolute atomic E-state index is 6.33. The molecule has 3 rings (SSSR count). The predicted octanol–water partition coefficient (Wildman–Crippen LogP) is 2.62. The molecule has 6 heteroatoms. The van der Waals surface area contributed by atoms with Gasteiger partial charge < -0.3 is 20.3 Å². The first-order chi connectivity index (χ1) is 14.0. The van der Waals surface area contributed by atoms with Crippen LogP contribution >= 0.6 is 0 Å². The van der Waals surface area contributed by atoms with Gasteiger partial charge in [0.1, 0.15) is 5.75 Å². The van der Waals surface area contributed by atoms with Gasteiger partial charge in [-0.25, -0.2) is 0 Å².